The zero-order chi connectivity index (χ0) is 11.8. The van der Waals surface area contributed by atoms with Crippen molar-refractivity contribution < 1.29 is 0 Å². The Morgan fingerprint density at radius 1 is 1.69 bits per heavy atom. The highest BCUT2D eigenvalue weighted by Gasteiger charge is 1.94. The van der Waals surface area contributed by atoms with Crippen LogP contribution >= 0.6 is 11.3 Å². The molecule has 0 bridgehead atoms. The van der Waals surface area contributed by atoms with E-state index < -0.39 is 0 Å². The van der Waals surface area contributed by atoms with Crippen molar-refractivity contribution in [1.82, 2.24) is 4.98 Å². The van der Waals surface area contributed by atoms with Crippen molar-refractivity contribution in [3.63, 3.8) is 0 Å². The van der Waals surface area contributed by atoms with Gasteiger partial charge in [0.2, 0.25) is 0 Å². The van der Waals surface area contributed by atoms with E-state index in [1.165, 1.54) is 23.1 Å². The van der Waals surface area contributed by atoms with Gasteiger partial charge in [0.1, 0.15) is 0 Å². The molecule has 0 spiro atoms. The van der Waals surface area contributed by atoms with E-state index in [0.717, 1.165) is 30.7 Å². The van der Waals surface area contributed by atoms with Crippen molar-refractivity contribution in [1.29, 1.82) is 5.41 Å². The minimum atomic E-state index is 0.689. The summed E-state index contributed by atoms with van der Waals surface area (Å²) in [6, 6.07) is 0. The fourth-order valence-electron chi connectivity index (χ4n) is 1.15. The molecular weight excluding hydrogens is 216 g/mol. The first-order valence-corrected chi connectivity index (χ1v) is 6.25. The van der Waals surface area contributed by atoms with Crippen LogP contribution in [-0.4, -0.2) is 11.2 Å². The molecule has 0 saturated carbocycles. The minimum absolute atomic E-state index is 0.689. The standard InChI is InChI=1S/C13H16N2S/c1-3-11(2)7-5-4-6-8-13-15-12(9-14)10-16-13/h9-10,14H,2-5,7H2,1H3. The first-order chi connectivity index (χ1) is 7.76. The average Bonchev–Trinajstić information content (AvgIpc) is 2.76. The highest BCUT2D eigenvalue weighted by atomic mass is 32.1. The quantitative estimate of drug-likeness (QED) is 0.358. The van der Waals surface area contributed by atoms with Crippen LogP contribution in [0.25, 0.3) is 0 Å². The van der Waals surface area contributed by atoms with Gasteiger partial charge in [-0.05, 0) is 25.2 Å². The van der Waals surface area contributed by atoms with Crippen LogP contribution in [0.15, 0.2) is 17.5 Å². The number of hydrogen-bond acceptors (Lipinski definition) is 3. The van der Waals surface area contributed by atoms with E-state index in [1.54, 1.807) is 0 Å². The summed E-state index contributed by atoms with van der Waals surface area (Å²) >= 11 is 1.49. The fraction of sp³-hybridized carbons (Fsp3) is 0.385. The number of nitrogens with one attached hydrogen (secondary N) is 1. The van der Waals surface area contributed by atoms with Gasteiger partial charge in [-0.15, -0.1) is 11.3 Å². The molecule has 0 fully saturated rings. The van der Waals surface area contributed by atoms with Crippen LogP contribution in [0, 0.1) is 17.3 Å². The molecule has 0 radical (unpaired) electrons. The van der Waals surface area contributed by atoms with E-state index in [1.807, 2.05) is 5.38 Å². The van der Waals surface area contributed by atoms with Crippen LogP contribution in [0.1, 0.15) is 43.3 Å². The van der Waals surface area contributed by atoms with E-state index in [-0.39, 0.29) is 0 Å². The van der Waals surface area contributed by atoms with Crippen LogP contribution in [0.3, 0.4) is 0 Å². The number of aromatic nitrogens is 1. The average molecular weight is 232 g/mol. The summed E-state index contributed by atoms with van der Waals surface area (Å²) in [7, 11) is 0. The maximum atomic E-state index is 7.03. The molecule has 0 aliphatic carbocycles. The summed E-state index contributed by atoms with van der Waals surface area (Å²) in [6.07, 6.45) is 5.32. The summed E-state index contributed by atoms with van der Waals surface area (Å²) in [5.41, 5.74) is 1.98. The van der Waals surface area contributed by atoms with Gasteiger partial charge < -0.3 is 5.41 Å². The molecule has 0 unspecified atom stereocenters. The smallest absolute Gasteiger partial charge is 0.167 e. The molecule has 2 nitrogen and oxygen atoms in total. The summed E-state index contributed by atoms with van der Waals surface area (Å²) in [4.78, 5) is 4.16. The molecule has 1 heterocycles. The zero-order valence-corrected chi connectivity index (χ0v) is 10.4. The maximum absolute atomic E-state index is 7.03. The lowest BCUT2D eigenvalue weighted by Gasteiger charge is -1.97. The Morgan fingerprint density at radius 2 is 2.50 bits per heavy atom. The van der Waals surface area contributed by atoms with Gasteiger partial charge in [0.25, 0.3) is 0 Å². The van der Waals surface area contributed by atoms with Crippen molar-refractivity contribution in [3.8, 4) is 11.8 Å². The van der Waals surface area contributed by atoms with Crippen LogP contribution < -0.4 is 0 Å². The Bertz CT molecular complexity index is 421. The SMILES string of the molecule is C=C(CC)CCCC#Cc1nc(C=N)cs1. The van der Waals surface area contributed by atoms with Crippen molar-refractivity contribution in [2.75, 3.05) is 0 Å². The van der Waals surface area contributed by atoms with Gasteiger partial charge in [-0.25, -0.2) is 4.98 Å². The lowest BCUT2D eigenvalue weighted by molar-refractivity contribution is 0.818. The van der Waals surface area contributed by atoms with Crippen molar-refractivity contribution in [2.24, 2.45) is 0 Å². The predicted octanol–water partition coefficient (Wildman–Crippen LogP) is 3.63. The molecule has 0 atom stereocenters. The molecule has 1 N–H and O–H groups in total. The number of nitrogens with zero attached hydrogens (tertiary/aromatic N) is 1. The highest BCUT2D eigenvalue weighted by molar-refractivity contribution is 7.10. The number of thiazole rings is 1. The lowest BCUT2D eigenvalue weighted by atomic mass is 10.1. The van der Waals surface area contributed by atoms with Gasteiger partial charge in [0, 0.05) is 18.0 Å². The van der Waals surface area contributed by atoms with Gasteiger partial charge in [-0.1, -0.05) is 25.0 Å². The van der Waals surface area contributed by atoms with E-state index in [4.69, 9.17) is 5.41 Å². The van der Waals surface area contributed by atoms with E-state index in [0.29, 0.717) is 5.69 Å². The molecule has 1 aromatic rings. The Morgan fingerprint density at radius 3 is 3.12 bits per heavy atom. The van der Waals surface area contributed by atoms with E-state index in [2.05, 4.69) is 30.3 Å². The van der Waals surface area contributed by atoms with Gasteiger partial charge >= 0.3 is 0 Å². The van der Waals surface area contributed by atoms with Crippen molar-refractivity contribution in [3.05, 3.63) is 28.2 Å². The minimum Gasteiger partial charge on any atom is -0.306 e. The number of hydrogen-bond donors (Lipinski definition) is 1. The van der Waals surface area contributed by atoms with Gasteiger partial charge in [-0.3, -0.25) is 0 Å². The topological polar surface area (TPSA) is 36.7 Å². The molecular formula is C13H16N2S. The van der Waals surface area contributed by atoms with E-state index in [9.17, 15) is 0 Å². The number of unbranched alkanes of at least 4 members (excludes halogenated alkanes) is 1. The molecule has 84 valence electrons. The third-order valence-electron chi connectivity index (χ3n) is 2.20. The molecule has 3 heteroatoms. The lowest BCUT2D eigenvalue weighted by Crippen LogP contribution is -1.80. The Hall–Kier alpha value is -1.40. The highest BCUT2D eigenvalue weighted by Crippen LogP contribution is 2.09. The number of allylic oxidation sites excluding steroid dienone is 1. The van der Waals surface area contributed by atoms with Crippen LogP contribution in [0.4, 0.5) is 0 Å². The Balaban J connectivity index is 2.32. The molecule has 1 aromatic heterocycles. The monoisotopic (exact) mass is 232 g/mol. The summed E-state index contributed by atoms with van der Waals surface area (Å²) in [6.45, 7) is 6.09. The summed E-state index contributed by atoms with van der Waals surface area (Å²) < 4.78 is 0. The molecule has 0 aromatic carbocycles. The first-order valence-electron chi connectivity index (χ1n) is 5.37. The molecule has 1 rings (SSSR count). The van der Waals surface area contributed by atoms with Crippen molar-refractivity contribution >= 4 is 17.6 Å². The fourth-order valence-corrected chi connectivity index (χ4v) is 1.79. The van der Waals surface area contributed by atoms with Gasteiger partial charge in [0.15, 0.2) is 5.01 Å². The van der Waals surface area contributed by atoms with Crippen LogP contribution in [0.2, 0.25) is 0 Å². The Kier molecular flexibility index (Phi) is 5.52. The largest absolute Gasteiger partial charge is 0.306 e. The van der Waals surface area contributed by atoms with Crippen molar-refractivity contribution in [2.45, 2.75) is 32.6 Å². The third kappa shape index (κ3) is 4.41. The van der Waals surface area contributed by atoms with Gasteiger partial charge in [-0.2, -0.15) is 0 Å². The summed E-state index contributed by atoms with van der Waals surface area (Å²) in [5.74, 6) is 6.12. The molecule has 0 saturated heterocycles. The Labute approximate surface area is 101 Å². The second-order valence-electron chi connectivity index (χ2n) is 3.48. The second kappa shape index (κ2) is 6.97. The molecule has 16 heavy (non-hydrogen) atoms. The normalized spacial score (nSPS) is 9.31. The first kappa shape index (κ1) is 12.7. The second-order valence-corrected chi connectivity index (χ2v) is 4.34. The summed E-state index contributed by atoms with van der Waals surface area (Å²) in [5, 5.41) is 9.67. The van der Waals surface area contributed by atoms with Crippen LogP contribution in [-0.2, 0) is 0 Å². The predicted molar refractivity (Wildman–Crippen MR) is 70.2 cm³/mol. The van der Waals surface area contributed by atoms with E-state index >= 15 is 0 Å². The molecule has 0 amide bonds. The molecule has 0 aliphatic rings. The maximum Gasteiger partial charge on any atom is 0.167 e. The third-order valence-corrected chi connectivity index (χ3v) is 2.97. The molecule has 0 aliphatic heterocycles. The van der Waals surface area contributed by atoms with Crippen LogP contribution in [0.5, 0.6) is 0 Å². The zero-order valence-electron chi connectivity index (χ0n) is 9.55. The number of rotatable bonds is 5. The van der Waals surface area contributed by atoms with Gasteiger partial charge in [0.05, 0.1) is 5.69 Å².